The van der Waals surface area contributed by atoms with Crippen molar-refractivity contribution in [3.63, 3.8) is 0 Å². The maximum Gasteiger partial charge on any atom is 0.0681 e. The van der Waals surface area contributed by atoms with Crippen molar-refractivity contribution in [3.8, 4) is 5.69 Å². The number of hydrogen-bond acceptors (Lipinski definition) is 3. The summed E-state index contributed by atoms with van der Waals surface area (Å²) in [6.45, 7) is 0.0971. The van der Waals surface area contributed by atoms with Crippen LogP contribution in [0.2, 0.25) is 0 Å². The highest BCUT2D eigenvalue weighted by Crippen LogP contribution is 2.23. The Morgan fingerprint density at radius 3 is 2.29 bits per heavy atom. The third-order valence-corrected chi connectivity index (χ3v) is 4.30. The van der Waals surface area contributed by atoms with E-state index >= 15 is 0 Å². The lowest BCUT2D eigenvalue weighted by molar-refractivity contribution is 0.282. The molecule has 3 nitrogen and oxygen atoms in total. The van der Waals surface area contributed by atoms with Gasteiger partial charge in [-0.3, -0.25) is 0 Å². The van der Waals surface area contributed by atoms with Gasteiger partial charge in [-0.25, -0.2) is 4.68 Å². The molecule has 0 radical (unpaired) electrons. The van der Waals surface area contributed by atoms with Crippen molar-refractivity contribution in [1.29, 1.82) is 0 Å². The molecule has 0 aliphatic heterocycles. The molecule has 3 rings (SSSR count). The van der Waals surface area contributed by atoms with Crippen LogP contribution in [0.4, 0.5) is 0 Å². The molecule has 1 N–H and O–H groups in total. The Kier molecular flexibility index (Phi) is 4.38. The van der Waals surface area contributed by atoms with Gasteiger partial charge in [0.05, 0.1) is 12.3 Å². The molecule has 4 heteroatoms. The van der Waals surface area contributed by atoms with Crippen LogP contribution in [0.25, 0.3) is 5.69 Å². The summed E-state index contributed by atoms with van der Waals surface area (Å²) < 4.78 is 1.85. The van der Waals surface area contributed by atoms with E-state index < -0.39 is 0 Å². The zero-order valence-electron chi connectivity index (χ0n) is 11.5. The van der Waals surface area contributed by atoms with E-state index in [1.807, 2.05) is 41.2 Å². The normalized spacial score (nSPS) is 10.7. The van der Waals surface area contributed by atoms with E-state index in [4.69, 9.17) is 5.11 Å². The molecule has 0 bridgehead atoms. The van der Waals surface area contributed by atoms with E-state index in [1.165, 1.54) is 10.5 Å². The van der Waals surface area contributed by atoms with Crippen molar-refractivity contribution in [2.45, 2.75) is 17.3 Å². The quantitative estimate of drug-likeness (QED) is 0.730. The van der Waals surface area contributed by atoms with Crippen LogP contribution >= 0.6 is 11.8 Å². The molecule has 0 fully saturated rings. The van der Waals surface area contributed by atoms with Crippen molar-refractivity contribution < 1.29 is 5.11 Å². The van der Waals surface area contributed by atoms with Crippen LogP contribution < -0.4 is 0 Å². The van der Waals surface area contributed by atoms with Crippen LogP contribution in [0.15, 0.2) is 71.9 Å². The number of aromatic nitrogens is 2. The minimum absolute atomic E-state index is 0.0971. The van der Waals surface area contributed by atoms with E-state index in [-0.39, 0.29) is 6.61 Å². The highest BCUT2D eigenvalue weighted by molar-refractivity contribution is 7.98. The van der Waals surface area contributed by atoms with Gasteiger partial charge in [0.2, 0.25) is 0 Å². The molecule has 3 aromatic rings. The predicted octanol–water partition coefficient (Wildman–Crippen LogP) is 3.66. The third-order valence-electron chi connectivity index (χ3n) is 3.22. The van der Waals surface area contributed by atoms with Crippen molar-refractivity contribution in [3.05, 3.63) is 78.1 Å². The molecular formula is C17H16N2OS. The van der Waals surface area contributed by atoms with Gasteiger partial charge in [0.25, 0.3) is 0 Å². The van der Waals surface area contributed by atoms with Crippen molar-refractivity contribution in [1.82, 2.24) is 9.78 Å². The Morgan fingerprint density at radius 1 is 0.952 bits per heavy atom. The summed E-state index contributed by atoms with van der Waals surface area (Å²) >= 11 is 1.79. The van der Waals surface area contributed by atoms with Gasteiger partial charge in [-0.2, -0.15) is 5.10 Å². The highest BCUT2D eigenvalue weighted by Gasteiger charge is 1.99. The van der Waals surface area contributed by atoms with Gasteiger partial charge in [0.15, 0.2) is 0 Å². The second-order valence-electron chi connectivity index (χ2n) is 4.71. The first kappa shape index (κ1) is 13.9. The molecule has 2 aromatic carbocycles. The van der Waals surface area contributed by atoms with Gasteiger partial charge in [0.1, 0.15) is 0 Å². The second-order valence-corrected chi connectivity index (χ2v) is 5.76. The number of thioether (sulfide) groups is 1. The Hall–Kier alpha value is -2.04. The molecule has 0 unspecified atom stereocenters. The van der Waals surface area contributed by atoms with Gasteiger partial charge in [-0.1, -0.05) is 24.3 Å². The molecular weight excluding hydrogens is 280 g/mol. The van der Waals surface area contributed by atoms with Crippen molar-refractivity contribution >= 4 is 11.8 Å². The molecule has 0 amide bonds. The summed E-state index contributed by atoms with van der Waals surface area (Å²) in [6, 6.07) is 18.4. The SMILES string of the molecule is OCc1ccc(SCc2ccc(-n3cccn3)cc2)cc1. The Labute approximate surface area is 128 Å². The predicted molar refractivity (Wildman–Crippen MR) is 85.5 cm³/mol. The van der Waals surface area contributed by atoms with Gasteiger partial charge in [-0.05, 0) is 41.5 Å². The smallest absolute Gasteiger partial charge is 0.0681 e. The molecule has 1 aromatic heterocycles. The number of aliphatic hydroxyl groups excluding tert-OH is 1. The van der Waals surface area contributed by atoms with Crippen molar-refractivity contribution in [2.75, 3.05) is 0 Å². The van der Waals surface area contributed by atoms with E-state index in [9.17, 15) is 0 Å². The third kappa shape index (κ3) is 3.54. The monoisotopic (exact) mass is 296 g/mol. The minimum atomic E-state index is 0.0971. The zero-order chi connectivity index (χ0) is 14.5. The van der Waals surface area contributed by atoms with Crippen LogP contribution in [-0.4, -0.2) is 14.9 Å². The molecule has 0 aliphatic rings. The standard InChI is InChI=1S/C17H16N2OS/c20-12-14-4-8-17(9-5-14)21-13-15-2-6-16(7-3-15)19-11-1-10-18-19/h1-11,20H,12-13H2. The zero-order valence-corrected chi connectivity index (χ0v) is 12.3. The fraction of sp³-hybridized carbons (Fsp3) is 0.118. The molecule has 106 valence electrons. The molecule has 21 heavy (non-hydrogen) atoms. The van der Waals surface area contributed by atoms with E-state index in [0.717, 1.165) is 17.0 Å². The van der Waals surface area contributed by atoms with E-state index in [2.05, 4.69) is 29.4 Å². The number of benzene rings is 2. The summed E-state index contributed by atoms with van der Waals surface area (Å²) in [6.07, 6.45) is 3.71. The van der Waals surface area contributed by atoms with Crippen molar-refractivity contribution in [2.24, 2.45) is 0 Å². The highest BCUT2D eigenvalue weighted by atomic mass is 32.2. The molecule has 0 saturated heterocycles. The summed E-state index contributed by atoms with van der Waals surface area (Å²) in [4.78, 5) is 1.21. The summed E-state index contributed by atoms with van der Waals surface area (Å²) in [5, 5.41) is 13.2. The minimum Gasteiger partial charge on any atom is -0.392 e. The largest absolute Gasteiger partial charge is 0.392 e. The fourth-order valence-electron chi connectivity index (χ4n) is 2.02. The summed E-state index contributed by atoms with van der Waals surface area (Å²) in [5.41, 5.74) is 3.30. The maximum absolute atomic E-state index is 9.03. The summed E-state index contributed by atoms with van der Waals surface area (Å²) in [7, 11) is 0. The summed E-state index contributed by atoms with van der Waals surface area (Å²) in [5.74, 6) is 0.928. The second kappa shape index (κ2) is 6.61. The van der Waals surface area contributed by atoms with Gasteiger partial charge >= 0.3 is 0 Å². The molecule has 0 atom stereocenters. The molecule has 0 aliphatic carbocycles. The molecule has 0 spiro atoms. The lowest BCUT2D eigenvalue weighted by Crippen LogP contribution is -1.93. The average molecular weight is 296 g/mol. The van der Waals surface area contributed by atoms with E-state index in [0.29, 0.717) is 0 Å². The topological polar surface area (TPSA) is 38.0 Å². The number of rotatable bonds is 5. The lowest BCUT2D eigenvalue weighted by Gasteiger charge is -2.05. The van der Waals surface area contributed by atoms with Crippen LogP contribution in [0.5, 0.6) is 0 Å². The number of nitrogens with zero attached hydrogens (tertiary/aromatic N) is 2. The van der Waals surface area contributed by atoms with Gasteiger partial charge in [-0.15, -0.1) is 11.8 Å². The first-order chi connectivity index (χ1) is 10.3. The van der Waals surface area contributed by atoms with E-state index in [1.54, 1.807) is 18.0 Å². The lowest BCUT2D eigenvalue weighted by atomic mass is 10.2. The number of hydrogen-bond donors (Lipinski definition) is 1. The van der Waals surface area contributed by atoms with Gasteiger partial charge in [0, 0.05) is 23.0 Å². The van der Waals surface area contributed by atoms with Crippen LogP contribution in [0, 0.1) is 0 Å². The Balaban J connectivity index is 1.62. The fourth-order valence-corrected chi connectivity index (χ4v) is 2.88. The average Bonchev–Trinajstić information content (AvgIpc) is 3.08. The van der Waals surface area contributed by atoms with Gasteiger partial charge < -0.3 is 5.11 Å². The Morgan fingerprint density at radius 2 is 1.67 bits per heavy atom. The molecule has 1 heterocycles. The van der Waals surface area contributed by atoms with Crippen LogP contribution in [0.1, 0.15) is 11.1 Å². The van der Waals surface area contributed by atoms with Crippen LogP contribution in [-0.2, 0) is 12.4 Å². The first-order valence-electron chi connectivity index (χ1n) is 6.77. The number of aliphatic hydroxyl groups is 1. The van der Waals surface area contributed by atoms with Crippen LogP contribution in [0.3, 0.4) is 0 Å². The Bertz CT molecular complexity index is 676. The molecule has 0 saturated carbocycles. The maximum atomic E-state index is 9.03. The first-order valence-corrected chi connectivity index (χ1v) is 7.75.